The second-order valence-electron chi connectivity index (χ2n) is 9.82. The molecule has 4 aromatic rings. The highest BCUT2D eigenvalue weighted by molar-refractivity contribution is 5.89. The SMILES string of the molecule is O=C(O[C@@H]1[C@H](OCc2ccccc2)[C@@H](OCc2ccccc2)[C@H](O)O[C@@H]1COCc1ccccc1)c1ccccc1. The second kappa shape index (κ2) is 14.7. The molecule has 5 atom stereocenters. The first kappa shape index (κ1) is 28.7. The maximum absolute atomic E-state index is 13.3. The van der Waals surface area contributed by atoms with Gasteiger partial charge in [0.25, 0.3) is 0 Å². The smallest absolute Gasteiger partial charge is 0.338 e. The van der Waals surface area contributed by atoms with Crippen LogP contribution < -0.4 is 0 Å². The molecule has 41 heavy (non-hydrogen) atoms. The van der Waals surface area contributed by atoms with E-state index in [4.69, 9.17) is 23.7 Å². The van der Waals surface area contributed by atoms with Gasteiger partial charge in [-0.15, -0.1) is 0 Å². The minimum absolute atomic E-state index is 0.0648. The van der Waals surface area contributed by atoms with E-state index < -0.39 is 36.7 Å². The number of hydrogen-bond acceptors (Lipinski definition) is 7. The highest BCUT2D eigenvalue weighted by Gasteiger charge is 2.49. The van der Waals surface area contributed by atoms with Crippen LogP contribution in [-0.4, -0.2) is 48.4 Å². The molecule has 0 unspecified atom stereocenters. The molecule has 7 heteroatoms. The van der Waals surface area contributed by atoms with Crippen molar-refractivity contribution in [1.82, 2.24) is 0 Å². The van der Waals surface area contributed by atoms with E-state index >= 15 is 0 Å². The summed E-state index contributed by atoms with van der Waals surface area (Å²) in [5.41, 5.74) is 3.24. The topological polar surface area (TPSA) is 83.5 Å². The van der Waals surface area contributed by atoms with Crippen molar-refractivity contribution in [3.63, 3.8) is 0 Å². The lowest BCUT2D eigenvalue weighted by atomic mass is 9.98. The Labute approximate surface area is 240 Å². The fourth-order valence-corrected chi connectivity index (χ4v) is 4.71. The third-order valence-corrected chi connectivity index (χ3v) is 6.83. The number of aliphatic hydroxyl groups is 1. The van der Waals surface area contributed by atoms with Crippen LogP contribution in [0.25, 0.3) is 0 Å². The first-order chi connectivity index (χ1) is 20.2. The van der Waals surface area contributed by atoms with E-state index in [1.165, 1.54) is 0 Å². The Balaban J connectivity index is 1.39. The summed E-state index contributed by atoms with van der Waals surface area (Å²) in [5, 5.41) is 11.1. The molecule has 1 saturated heterocycles. The van der Waals surface area contributed by atoms with Crippen molar-refractivity contribution < 1.29 is 33.6 Å². The van der Waals surface area contributed by atoms with Gasteiger partial charge in [0.15, 0.2) is 12.4 Å². The van der Waals surface area contributed by atoms with Crippen molar-refractivity contribution in [1.29, 1.82) is 0 Å². The molecule has 0 saturated carbocycles. The Bertz CT molecular complexity index is 1320. The molecule has 1 N–H and O–H groups in total. The summed E-state index contributed by atoms with van der Waals surface area (Å²) >= 11 is 0. The van der Waals surface area contributed by atoms with E-state index in [1.54, 1.807) is 24.3 Å². The third kappa shape index (κ3) is 8.10. The zero-order valence-corrected chi connectivity index (χ0v) is 22.7. The first-order valence-electron chi connectivity index (χ1n) is 13.7. The second-order valence-corrected chi connectivity index (χ2v) is 9.82. The molecule has 4 aromatic carbocycles. The molecule has 1 fully saturated rings. The number of esters is 1. The van der Waals surface area contributed by atoms with E-state index in [1.807, 2.05) is 97.1 Å². The summed E-state index contributed by atoms with van der Waals surface area (Å²) in [6.07, 6.45) is -4.85. The Morgan fingerprint density at radius 3 is 1.61 bits per heavy atom. The maximum atomic E-state index is 13.3. The molecule has 0 aliphatic carbocycles. The van der Waals surface area contributed by atoms with Crippen LogP contribution in [0.1, 0.15) is 27.0 Å². The average molecular weight is 555 g/mol. The van der Waals surface area contributed by atoms with Gasteiger partial charge in [-0.1, -0.05) is 109 Å². The van der Waals surface area contributed by atoms with Crippen LogP contribution in [0.5, 0.6) is 0 Å². The minimum atomic E-state index is -1.34. The van der Waals surface area contributed by atoms with Gasteiger partial charge in [0.05, 0.1) is 32.0 Å². The monoisotopic (exact) mass is 554 g/mol. The van der Waals surface area contributed by atoms with Crippen molar-refractivity contribution in [2.75, 3.05) is 6.61 Å². The van der Waals surface area contributed by atoms with Gasteiger partial charge in [-0.3, -0.25) is 0 Å². The molecule has 0 aromatic heterocycles. The van der Waals surface area contributed by atoms with Gasteiger partial charge in [-0.25, -0.2) is 4.79 Å². The summed E-state index contributed by atoms with van der Waals surface area (Å²) in [7, 11) is 0. The number of carbonyl (C=O) groups is 1. The molecule has 5 rings (SSSR count). The number of carbonyl (C=O) groups excluding carboxylic acids is 1. The lowest BCUT2D eigenvalue weighted by molar-refractivity contribution is -0.308. The van der Waals surface area contributed by atoms with Gasteiger partial charge >= 0.3 is 5.97 Å². The number of aliphatic hydroxyl groups excluding tert-OH is 1. The van der Waals surface area contributed by atoms with Gasteiger partial charge in [0.2, 0.25) is 0 Å². The van der Waals surface area contributed by atoms with Gasteiger partial charge in [-0.05, 0) is 28.8 Å². The quantitative estimate of drug-likeness (QED) is 0.238. The normalized spacial score (nSPS) is 22.2. The van der Waals surface area contributed by atoms with E-state index in [-0.39, 0.29) is 19.8 Å². The van der Waals surface area contributed by atoms with Gasteiger partial charge in [0, 0.05) is 0 Å². The molecular formula is C34H34O7. The predicted molar refractivity (Wildman–Crippen MR) is 153 cm³/mol. The lowest BCUT2D eigenvalue weighted by Gasteiger charge is -2.44. The van der Waals surface area contributed by atoms with Crippen molar-refractivity contribution in [3.8, 4) is 0 Å². The molecule has 1 aliphatic rings. The van der Waals surface area contributed by atoms with Crippen LogP contribution in [0.4, 0.5) is 0 Å². The third-order valence-electron chi connectivity index (χ3n) is 6.83. The van der Waals surface area contributed by atoms with Gasteiger partial charge < -0.3 is 28.8 Å². The number of hydrogen-bond donors (Lipinski definition) is 1. The maximum Gasteiger partial charge on any atom is 0.338 e. The van der Waals surface area contributed by atoms with Crippen LogP contribution in [-0.2, 0) is 43.5 Å². The number of benzene rings is 4. The summed E-state index contributed by atoms with van der Waals surface area (Å²) in [6, 6.07) is 37.8. The number of rotatable bonds is 12. The van der Waals surface area contributed by atoms with Crippen molar-refractivity contribution in [2.24, 2.45) is 0 Å². The molecule has 1 heterocycles. The van der Waals surface area contributed by atoms with Gasteiger partial charge in [0.1, 0.15) is 18.3 Å². The van der Waals surface area contributed by atoms with Crippen LogP contribution in [0.3, 0.4) is 0 Å². The largest absolute Gasteiger partial charge is 0.453 e. The Kier molecular flexibility index (Phi) is 10.3. The molecule has 1 aliphatic heterocycles. The Morgan fingerprint density at radius 1 is 0.610 bits per heavy atom. The molecule has 0 radical (unpaired) electrons. The van der Waals surface area contributed by atoms with E-state index in [0.717, 1.165) is 16.7 Å². The summed E-state index contributed by atoms with van der Waals surface area (Å²) in [4.78, 5) is 13.3. The van der Waals surface area contributed by atoms with Crippen LogP contribution in [0.2, 0.25) is 0 Å². The summed E-state index contributed by atoms with van der Waals surface area (Å²) in [5.74, 6) is -0.529. The average Bonchev–Trinajstić information content (AvgIpc) is 3.02. The Hall–Kier alpha value is -3.85. The van der Waals surface area contributed by atoms with E-state index in [9.17, 15) is 9.90 Å². The lowest BCUT2D eigenvalue weighted by Crippen LogP contribution is -2.61. The predicted octanol–water partition coefficient (Wildman–Crippen LogP) is 5.32. The Morgan fingerprint density at radius 2 is 1.07 bits per heavy atom. The van der Waals surface area contributed by atoms with Crippen molar-refractivity contribution >= 4 is 5.97 Å². The first-order valence-corrected chi connectivity index (χ1v) is 13.7. The van der Waals surface area contributed by atoms with Crippen molar-refractivity contribution in [2.45, 2.75) is 50.5 Å². The molecule has 212 valence electrons. The zero-order chi connectivity index (χ0) is 28.3. The number of ether oxygens (including phenoxy) is 5. The van der Waals surface area contributed by atoms with Crippen molar-refractivity contribution in [3.05, 3.63) is 144 Å². The van der Waals surface area contributed by atoms with E-state index in [2.05, 4.69) is 0 Å². The minimum Gasteiger partial charge on any atom is -0.453 e. The molecular weight excluding hydrogens is 520 g/mol. The molecule has 0 bridgehead atoms. The molecule has 0 amide bonds. The molecule has 7 nitrogen and oxygen atoms in total. The summed E-state index contributed by atoms with van der Waals surface area (Å²) < 4.78 is 30.6. The molecule has 0 spiro atoms. The summed E-state index contributed by atoms with van der Waals surface area (Å²) in [6.45, 7) is 0.834. The van der Waals surface area contributed by atoms with Gasteiger partial charge in [-0.2, -0.15) is 0 Å². The highest BCUT2D eigenvalue weighted by atomic mass is 16.7. The van der Waals surface area contributed by atoms with E-state index in [0.29, 0.717) is 12.2 Å². The van der Waals surface area contributed by atoms with Crippen LogP contribution >= 0.6 is 0 Å². The standard InChI is InChI=1S/C34H34O7/c35-33(28-19-11-4-12-20-28)41-30-29(24-37-21-25-13-5-1-6-14-25)40-34(36)32(39-23-27-17-9-3-10-18-27)31(30)38-22-26-15-7-2-8-16-26/h1-20,29-32,34,36H,21-24H2/t29-,30+,31+,32-,34-/m1/s1. The van der Waals surface area contributed by atoms with Crippen LogP contribution in [0.15, 0.2) is 121 Å². The fourth-order valence-electron chi connectivity index (χ4n) is 4.71. The fraction of sp³-hybridized carbons (Fsp3) is 0.265. The van der Waals surface area contributed by atoms with Crippen LogP contribution in [0, 0.1) is 0 Å². The highest BCUT2D eigenvalue weighted by Crippen LogP contribution is 2.30. The zero-order valence-electron chi connectivity index (χ0n) is 22.7.